The summed E-state index contributed by atoms with van der Waals surface area (Å²) in [4.78, 5) is 0. The van der Waals surface area contributed by atoms with Gasteiger partial charge in [-0.05, 0) is 18.1 Å². The Kier molecular flexibility index (Phi) is 3.90. The molecule has 2 N–H and O–H groups in total. The Morgan fingerprint density at radius 3 is 2.00 bits per heavy atom. The highest BCUT2D eigenvalue weighted by molar-refractivity contribution is 6.74. The van der Waals surface area contributed by atoms with Gasteiger partial charge in [0.15, 0.2) is 14.6 Å². The van der Waals surface area contributed by atoms with Crippen molar-refractivity contribution >= 4 is 8.32 Å². The molecular formula is C8H20O3Si. The Balaban J connectivity index is 4.22. The average Bonchev–Trinajstić information content (AvgIpc) is 1.84. The second-order valence-electron chi connectivity index (χ2n) is 4.52. The zero-order valence-corrected chi connectivity index (χ0v) is 9.59. The van der Waals surface area contributed by atoms with Crippen LogP contribution < -0.4 is 0 Å². The summed E-state index contributed by atoms with van der Waals surface area (Å²) < 4.78 is 5.40. The van der Waals surface area contributed by atoms with E-state index in [9.17, 15) is 0 Å². The molecule has 1 atom stereocenters. The first-order valence-corrected chi connectivity index (χ1v) is 7.08. The van der Waals surface area contributed by atoms with Gasteiger partial charge in [-0.3, -0.25) is 0 Å². The maximum absolute atomic E-state index is 9.12. The molecule has 0 aromatic carbocycles. The molecule has 0 aliphatic rings. The molecule has 0 aromatic heterocycles. The predicted octanol–water partition coefficient (Wildman–Crippen LogP) is 1.32. The van der Waals surface area contributed by atoms with Gasteiger partial charge in [0.05, 0.1) is 6.61 Å². The van der Waals surface area contributed by atoms with Gasteiger partial charge in [0, 0.05) is 0 Å². The Labute approximate surface area is 75.5 Å². The van der Waals surface area contributed by atoms with E-state index >= 15 is 0 Å². The fourth-order valence-corrected chi connectivity index (χ4v) is 1.66. The minimum atomic E-state index is -1.90. The van der Waals surface area contributed by atoms with Crippen molar-refractivity contribution in [2.45, 2.75) is 45.2 Å². The van der Waals surface area contributed by atoms with Crippen LogP contribution in [-0.4, -0.2) is 31.4 Å². The summed E-state index contributed by atoms with van der Waals surface area (Å²) >= 11 is 0. The Bertz CT molecular complexity index is 140. The van der Waals surface area contributed by atoms with Gasteiger partial charge in [0.2, 0.25) is 0 Å². The van der Waals surface area contributed by atoms with E-state index in [0.29, 0.717) is 0 Å². The topological polar surface area (TPSA) is 49.7 Å². The van der Waals surface area contributed by atoms with Gasteiger partial charge in [-0.25, -0.2) is 0 Å². The van der Waals surface area contributed by atoms with Crippen molar-refractivity contribution in [1.29, 1.82) is 0 Å². The summed E-state index contributed by atoms with van der Waals surface area (Å²) in [5.41, 5.74) is 0. The van der Waals surface area contributed by atoms with Crippen molar-refractivity contribution < 1.29 is 14.6 Å². The molecule has 0 aliphatic heterocycles. The Morgan fingerprint density at radius 2 is 1.75 bits per heavy atom. The molecule has 74 valence electrons. The molecule has 0 spiro atoms. The predicted molar refractivity (Wildman–Crippen MR) is 51.4 cm³/mol. The first-order chi connectivity index (χ1) is 5.20. The lowest BCUT2D eigenvalue weighted by Gasteiger charge is -2.37. The fraction of sp³-hybridized carbons (Fsp3) is 1.00. The molecule has 0 aromatic rings. The van der Waals surface area contributed by atoms with Crippen LogP contribution in [0.1, 0.15) is 20.8 Å². The summed E-state index contributed by atoms with van der Waals surface area (Å²) in [6.45, 7) is 10.0. The van der Waals surface area contributed by atoms with Gasteiger partial charge in [0.25, 0.3) is 0 Å². The highest BCUT2D eigenvalue weighted by atomic mass is 28.4. The average molecular weight is 192 g/mol. The summed E-state index contributed by atoms with van der Waals surface area (Å²) in [5, 5.41) is 17.8. The highest BCUT2D eigenvalue weighted by Gasteiger charge is 2.38. The van der Waals surface area contributed by atoms with Crippen molar-refractivity contribution in [1.82, 2.24) is 0 Å². The molecule has 4 heteroatoms. The largest absolute Gasteiger partial charge is 0.391 e. The Morgan fingerprint density at radius 1 is 1.33 bits per heavy atom. The molecule has 0 saturated heterocycles. The zero-order valence-electron chi connectivity index (χ0n) is 8.59. The molecule has 3 nitrogen and oxygen atoms in total. The molecule has 0 bridgehead atoms. The molecular weight excluding hydrogens is 172 g/mol. The minimum Gasteiger partial charge on any atom is -0.391 e. The molecule has 0 amide bonds. The number of hydrogen-bond acceptors (Lipinski definition) is 3. The lowest BCUT2D eigenvalue weighted by atomic mass is 10.2. The van der Waals surface area contributed by atoms with Crippen LogP contribution in [0.25, 0.3) is 0 Å². The maximum Gasteiger partial charge on any atom is 0.195 e. The fourth-order valence-electron chi connectivity index (χ4n) is 0.554. The molecule has 0 aliphatic carbocycles. The number of aliphatic hydroxyl groups is 2. The third-order valence-electron chi connectivity index (χ3n) is 2.39. The van der Waals surface area contributed by atoms with Crippen molar-refractivity contribution in [2.75, 3.05) is 6.61 Å². The first kappa shape index (κ1) is 12.1. The van der Waals surface area contributed by atoms with E-state index in [0.717, 1.165) is 0 Å². The molecule has 0 saturated carbocycles. The van der Waals surface area contributed by atoms with Crippen molar-refractivity contribution in [3.05, 3.63) is 0 Å². The zero-order chi connectivity index (χ0) is 9.99. The monoisotopic (exact) mass is 192 g/mol. The van der Waals surface area contributed by atoms with Crippen LogP contribution in [0.2, 0.25) is 18.1 Å². The second-order valence-corrected chi connectivity index (χ2v) is 9.27. The van der Waals surface area contributed by atoms with E-state index in [1.807, 2.05) is 13.1 Å². The smallest absolute Gasteiger partial charge is 0.195 e. The molecule has 0 radical (unpaired) electrons. The normalized spacial score (nSPS) is 16.2. The van der Waals surface area contributed by atoms with E-state index in [2.05, 4.69) is 20.8 Å². The Hall–Kier alpha value is 0.0969. The van der Waals surface area contributed by atoms with E-state index in [4.69, 9.17) is 14.6 Å². The van der Waals surface area contributed by atoms with Gasteiger partial charge in [-0.1, -0.05) is 20.8 Å². The maximum atomic E-state index is 9.12. The van der Waals surface area contributed by atoms with Crippen molar-refractivity contribution in [3.63, 3.8) is 0 Å². The van der Waals surface area contributed by atoms with Crippen molar-refractivity contribution in [3.8, 4) is 0 Å². The molecule has 0 rings (SSSR count). The molecule has 0 unspecified atom stereocenters. The molecule has 0 fully saturated rings. The van der Waals surface area contributed by atoms with Crippen LogP contribution in [0.3, 0.4) is 0 Å². The third kappa shape index (κ3) is 3.22. The van der Waals surface area contributed by atoms with Crippen LogP contribution in [0.15, 0.2) is 0 Å². The van der Waals surface area contributed by atoms with E-state index in [1.165, 1.54) is 0 Å². The quantitative estimate of drug-likeness (QED) is 0.524. The second kappa shape index (κ2) is 3.87. The third-order valence-corrected chi connectivity index (χ3v) is 6.87. The van der Waals surface area contributed by atoms with Crippen LogP contribution in [0.4, 0.5) is 0 Å². The molecule has 0 heterocycles. The molecule has 12 heavy (non-hydrogen) atoms. The number of hydrogen-bond donors (Lipinski definition) is 2. The first-order valence-electron chi connectivity index (χ1n) is 4.17. The minimum absolute atomic E-state index is 0.0726. The van der Waals surface area contributed by atoms with Gasteiger partial charge in [0.1, 0.15) is 0 Å². The van der Waals surface area contributed by atoms with Gasteiger partial charge in [-0.2, -0.15) is 0 Å². The van der Waals surface area contributed by atoms with Crippen LogP contribution in [0, 0.1) is 0 Å². The number of rotatable bonds is 3. The SMILES string of the molecule is CC(C)(C)[Si](C)(C)O[C@@H](O)CO. The lowest BCUT2D eigenvalue weighted by molar-refractivity contribution is -0.0640. The lowest BCUT2D eigenvalue weighted by Crippen LogP contribution is -2.44. The van der Waals surface area contributed by atoms with E-state index < -0.39 is 14.6 Å². The van der Waals surface area contributed by atoms with Crippen LogP contribution in [-0.2, 0) is 4.43 Å². The highest BCUT2D eigenvalue weighted by Crippen LogP contribution is 2.36. The van der Waals surface area contributed by atoms with Crippen LogP contribution in [0.5, 0.6) is 0 Å². The standard InChI is InChI=1S/C8H20O3Si/c1-8(2,3)12(4,5)11-7(10)6-9/h7,9-10H,6H2,1-5H3/t7-/m1/s1. The summed E-state index contributed by atoms with van der Waals surface area (Å²) in [6, 6.07) is 0. The van der Waals surface area contributed by atoms with E-state index in [-0.39, 0.29) is 11.6 Å². The number of aliphatic hydroxyl groups excluding tert-OH is 2. The van der Waals surface area contributed by atoms with Crippen LogP contribution >= 0.6 is 0 Å². The van der Waals surface area contributed by atoms with Gasteiger partial charge >= 0.3 is 0 Å². The van der Waals surface area contributed by atoms with E-state index in [1.54, 1.807) is 0 Å². The van der Waals surface area contributed by atoms with Gasteiger partial charge in [-0.15, -0.1) is 0 Å². The summed E-state index contributed by atoms with van der Waals surface area (Å²) in [6.07, 6.45) is -1.02. The summed E-state index contributed by atoms with van der Waals surface area (Å²) in [5.74, 6) is 0. The van der Waals surface area contributed by atoms with Gasteiger partial charge < -0.3 is 14.6 Å². The van der Waals surface area contributed by atoms with Crippen molar-refractivity contribution in [2.24, 2.45) is 0 Å². The summed E-state index contributed by atoms with van der Waals surface area (Å²) in [7, 11) is -1.90.